The monoisotopic (exact) mass is 218 g/mol. The molecule has 0 aliphatic carbocycles. The third-order valence-electron chi connectivity index (χ3n) is 2.03. The van der Waals surface area contributed by atoms with Crippen LogP contribution in [0.1, 0.15) is 0 Å². The Morgan fingerprint density at radius 2 is 2.13 bits per heavy atom. The van der Waals surface area contributed by atoms with Gasteiger partial charge in [0.25, 0.3) is 0 Å². The summed E-state index contributed by atoms with van der Waals surface area (Å²) >= 11 is 0. The molecule has 5 N–H and O–H groups in total. The summed E-state index contributed by atoms with van der Waals surface area (Å²) in [5.41, 5.74) is 5.90. The highest BCUT2D eigenvalue weighted by Gasteiger charge is 2.16. The number of carboxylic acids is 1. The van der Waals surface area contributed by atoms with Gasteiger partial charge in [-0.15, -0.1) is 0 Å². The quantitative estimate of drug-likeness (QED) is 0.344. The van der Waals surface area contributed by atoms with E-state index in [1.165, 1.54) is 0 Å². The minimum absolute atomic E-state index is 0.225. The molecule has 0 bridgehead atoms. The van der Waals surface area contributed by atoms with E-state index in [9.17, 15) is 4.79 Å². The SMILES string of the molecule is O=C(O)C1CNCNNCCNCOC1. The smallest absolute Gasteiger partial charge is 0.310 e. The second-order valence-corrected chi connectivity index (χ2v) is 3.28. The molecule has 1 rings (SSSR count). The summed E-state index contributed by atoms with van der Waals surface area (Å²) in [5, 5.41) is 14.9. The molecule has 0 radical (unpaired) electrons. The lowest BCUT2D eigenvalue weighted by molar-refractivity contribution is -0.143. The number of nitrogens with one attached hydrogen (secondary N) is 4. The van der Waals surface area contributed by atoms with Crippen LogP contribution in [0.3, 0.4) is 0 Å². The summed E-state index contributed by atoms with van der Waals surface area (Å²) in [6, 6.07) is 0. The average Bonchev–Trinajstić information content (AvgIpc) is 2.18. The van der Waals surface area contributed by atoms with Crippen LogP contribution in [0, 0.1) is 5.92 Å². The first-order chi connectivity index (χ1) is 7.30. The summed E-state index contributed by atoms with van der Waals surface area (Å²) in [7, 11) is 0. The lowest BCUT2D eigenvalue weighted by atomic mass is 10.1. The van der Waals surface area contributed by atoms with Crippen molar-refractivity contribution in [2.45, 2.75) is 0 Å². The zero-order chi connectivity index (χ0) is 10.9. The fraction of sp³-hybridized carbons (Fsp3) is 0.875. The molecule has 0 saturated carbocycles. The van der Waals surface area contributed by atoms with Crippen LogP contribution in [0.25, 0.3) is 0 Å². The molecule has 1 saturated heterocycles. The minimum atomic E-state index is -0.840. The van der Waals surface area contributed by atoms with Gasteiger partial charge >= 0.3 is 5.97 Å². The molecule has 88 valence electrons. The van der Waals surface area contributed by atoms with Gasteiger partial charge < -0.3 is 15.2 Å². The molecule has 7 nitrogen and oxygen atoms in total. The number of hydrogen-bond acceptors (Lipinski definition) is 6. The van der Waals surface area contributed by atoms with Crippen molar-refractivity contribution in [3.8, 4) is 0 Å². The molecule has 15 heavy (non-hydrogen) atoms. The number of hydrogen-bond donors (Lipinski definition) is 5. The molecule has 1 aliphatic heterocycles. The van der Waals surface area contributed by atoms with Crippen molar-refractivity contribution in [3.05, 3.63) is 0 Å². The van der Waals surface area contributed by atoms with Crippen molar-refractivity contribution in [3.63, 3.8) is 0 Å². The van der Waals surface area contributed by atoms with Crippen molar-refractivity contribution < 1.29 is 14.6 Å². The van der Waals surface area contributed by atoms with Crippen LogP contribution in [0.15, 0.2) is 0 Å². The molecule has 0 spiro atoms. The van der Waals surface area contributed by atoms with Gasteiger partial charge in [0.05, 0.1) is 25.9 Å². The first kappa shape index (κ1) is 12.3. The Hall–Kier alpha value is -0.730. The van der Waals surface area contributed by atoms with Crippen LogP contribution >= 0.6 is 0 Å². The van der Waals surface area contributed by atoms with E-state index in [2.05, 4.69) is 21.5 Å². The van der Waals surface area contributed by atoms with Gasteiger partial charge in [0.15, 0.2) is 0 Å². The second kappa shape index (κ2) is 7.55. The Kier molecular flexibility index (Phi) is 6.21. The Balaban J connectivity index is 2.28. The van der Waals surface area contributed by atoms with Crippen LogP contribution < -0.4 is 21.5 Å². The van der Waals surface area contributed by atoms with E-state index in [0.29, 0.717) is 19.9 Å². The van der Waals surface area contributed by atoms with Gasteiger partial charge in [-0.05, 0) is 0 Å². The lowest BCUT2D eigenvalue weighted by Gasteiger charge is -2.16. The first-order valence-corrected chi connectivity index (χ1v) is 4.98. The van der Waals surface area contributed by atoms with E-state index in [0.717, 1.165) is 13.1 Å². The summed E-state index contributed by atoms with van der Waals surface area (Å²) in [6.07, 6.45) is 0. The van der Waals surface area contributed by atoms with E-state index in [1.54, 1.807) is 0 Å². The molecule has 1 aliphatic rings. The van der Waals surface area contributed by atoms with Crippen molar-refractivity contribution in [1.82, 2.24) is 21.5 Å². The van der Waals surface area contributed by atoms with Crippen LogP contribution in [0.4, 0.5) is 0 Å². The summed E-state index contributed by atoms with van der Waals surface area (Å²) in [5.74, 6) is -1.35. The molecule has 0 aromatic rings. The lowest BCUT2D eigenvalue weighted by Crippen LogP contribution is -2.45. The maximum atomic E-state index is 10.8. The Morgan fingerprint density at radius 3 is 2.93 bits per heavy atom. The second-order valence-electron chi connectivity index (χ2n) is 3.28. The van der Waals surface area contributed by atoms with Crippen LogP contribution in [-0.4, -0.2) is 50.7 Å². The third kappa shape index (κ3) is 5.65. The van der Waals surface area contributed by atoms with Gasteiger partial charge in [-0.1, -0.05) is 0 Å². The normalized spacial score (nSPS) is 26.3. The molecule has 7 heteroatoms. The van der Waals surface area contributed by atoms with Gasteiger partial charge in [-0.2, -0.15) is 0 Å². The largest absolute Gasteiger partial charge is 0.481 e. The number of rotatable bonds is 1. The third-order valence-corrected chi connectivity index (χ3v) is 2.03. The molecule has 1 fully saturated rings. The highest BCUT2D eigenvalue weighted by molar-refractivity contribution is 5.70. The predicted octanol–water partition coefficient (Wildman–Crippen LogP) is -2.09. The number of ether oxygens (including phenoxy) is 1. The average molecular weight is 218 g/mol. The first-order valence-electron chi connectivity index (χ1n) is 4.98. The summed E-state index contributed by atoms with van der Waals surface area (Å²) in [6.45, 7) is 3.08. The van der Waals surface area contributed by atoms with E-state index in [4.69, 9.17) is 9.84 Å². The zero-order valence-electron chi connectivity index (χ0n) is 8.58. The molecular weight excluding hydrogens is 200 g/mol. The molecule has 1 atom stereocenters. The standard InChI is InChI=1S/C8H18N4O3/c13-8(14)7-3-10-5-12-11-2-1-9-6-15-4-7/h7,9-12H,1-6H2,(H,13,14). The predicted molar refractivity (Wildman–Crippen MR) is 54.0 cm³/mol. The Morgan fingerprint density at radius 1 is 1.27 bits per heavy atom. The molecule has 0 amide bonds. The van der Waals surface area contributed by atoms with Gasteiger partial charge in [-0.3, -0.25) is 15.5 Å². The van der Waals surface area contributed by atoms with E-state index in [1.807, 2.05) is 0 Å². The van der Waals surface area contributed by atoms with Crippen molar-refractivity contribution in [2.24, 2.45) is 5.92 Å². The minimum Gasteiger partial charge on any atom is -0.481 e. The zero-order valence-corrected chi connectivity index (χ0v) is 8.58. The molecule has 1 unspecified atom stereocenters. The van der Waals surface area contributed by atoms with Gasteiger partial charge in [0.2, 0.25) is 0 Å². The maximum Gasteiger partial charge on any atom is 0.310 e. The number of hydrazine groups is 1. The van der Waals surface area contributed by atoms with Crippen molar-refractivity contribution >= 4 is 5.97 Å². The fourth-order valence-corrected chi connectivity index (χ4v) is 1.17. The Labute approximate surface area is 88.5 Å². The highest BCUT2D eigenvalue weighted by Crippen LogP contribution is 1.95. The fourth-order valence-electron chi connectivity index (χ4n) is 1.17. The Bertz CT molecular complexity index is 179. The van der Waals surface area contributed by atoms with Crippen molar-refractivity contribution in [2.75, 3.05) is 39.6 Å². The molecule has 0 aromatic heterocycles. The maximum absolute atomic E-state index is 10.8. The molecule has 0 aromatic carbocycles. The molecular formula is C8H18N4O3. The van der Waals surface area contributed by atoms with Crippen LogP contribution in [0.2, 0.25) is 0 Å². The van der Waals surface area contributed by atoms with Crippen LogP contribution in [-0.2, 0) is 9.53 Å². The number of carboxylic acid groups (broad SMARTS) is 1. The van der Waals surface area contributed by atoms with Gasteiger partial charge in [0, 0.05) is 19.6 Å². The van der Waals surface area contributed by atoms with E-state index < -0.39 is 11.9 Å². The molecule has 1 heterocycles. The van der Waals surface area contributed by atoms with E-state index in [-0.39, 0.29) is 6.61 Å². The summed E-state index contributed by atoms with van der Waals surface area (Å²) in [4.78, 5) is 10.8. The van der Waals surface area contributed by atoms with Crippen molar-refractivity contribution in [1.29, 1.82) is 0 Å². The number of aliphatic carboxylic acids is 1. The topological polar surface area (TPSA) is 94.7 Å². The highest BCUT2D eigenvalue weighted by atomic mass is 16.5. The van der Waals surface area contributed by atoms with Gasteiger partial charge in [0.1, 0.15) is 0 Å². The number of carbonyl (C=O) groups is 1. The summed E-state index contributed by atoms with van der Waals surface area (Å²) < 4.78 is 5.20. The van der Waals surface area contributed by atoms with E-state index >= 15 is 0 Å². The van der Waals surface area contributed by atoms with Gasteiger partial charge in [-0.25, -0.2) is 5.43 Å². The van der Waals surface area contributed by atoms with Crippen LogP contribution in [0.5, 0.6) is 0 Å².